The SMILES string of the molecule is c1ccc(-c2cccc(-n3c4ccc(-n5c6ccccc6c6ccccc65)cc4c4ccc5c6ccccc6sc5c43)c2)cc1. The molecule has 7 aromatic carbocycles. The number of aromatic nitrogens is 2. The van der Waals surface area contributed by atoms with E-state index in [4.69, 9.17) is 0 Å². The van der Waals surface area contributed by atoms with Gasteiger partial charge in [0.15, 0.2) is 0 Å². The summed E-state index contributed by atoms with van der Waals surface area (Å²) < 4.78 is 7.56. The maximum atomic E-state index is 2.49. The van der Waals surface area contributed by atoms with Crippen LogP contribution in [0.3, 0.4) is 0 Å². The molecule has 210 valence electrons. The summed E-state index contributed by atoms with van der Waals surface area (Å²) in [4.78, 5) is 0. The van der Waals surface area contributed by atoms with Crippen LogP contribution in [0.5, 0.6) is 0 Å². The van der Waals surface area contributed by atoms with E-state index in [9.17, 15) is 0 Å². The molecule has 0 aliphatic carbocycles. The molecule has 0 fully saturated rings. The van der Waals surface area contributed by atoms with E-state index < -0.39 is 0 Å². The van der Waals surface area contributed by atoms with Crippen LogP contribution >= 0.6 is 11.3 Å². The molecule has 10 rings (SSSR count). The summed E-state index contributed by atoms with van der Waals surface area (Å²) in [5.74, 6) is 0. The van der Waals surface area contributed by atoms with Crippen molar-refractivity contribution < 1.29 is 0 Å². The zero-order chi connectivity index (χ0) is 29.5. The molecule has 45 heavy (non-hydrogen) atoms. The second-order valence-corrected chi connectivity index (χ2v) is 12.8. The smallest absolute Gasteiger partial charge is 0.0719 e. The lowest BCUT2D eigenvalue weighted by Crippen LogP contribution is -1.96. The van der Waals surface area contributed by atoms with Crippen LogP contribution in [0.4, 0.5) is 0 Å². The van der Waals surface area contributed by atoms with Gasteiger partial charge in [0.25, 0.3) is 0 Å². The van der Waals surface area contributed by atoms with E-state index in [0.717, 1.165) is 0 Å². The molecule has 0 aliphatic rings. The predicted molar refractivity (Wildman–Crippen MR) is 193 cm³/mol. The standard InChI is InChI=1S/C42H26N2S/c1-2-11-27(12-3-1)28-13-10-14-29(25-28)44-39-24-21-30(43-37-18-7-4-15-31(37)32-16-5-8-19-38(32)43)26-36(39)34-22-23-35-33-17-6-9-20-40(33)45-42(35)41(34)44/h1-26H. The second-order valence-electron chi connectivity index (χ2n) is 11.8. The number of fused-ring (bicyclic) bond motifs is 10. The fourth-order valence-corrected chi connectivity index (χ4v) is 8.57. The predicted octanol–water partition coefficient (Wildman–Crippen LogP) is 11.9. The number of thiophene rings is 1. The maximum absolute atomic E-state index is 2.49. The van der Waals surface area contributed by atoms with E-state index in [1.54, 1.807) is 0 Å². The molecule has 10 aromatic rings. The van der Waals surface area contributed by atoms with Crippen molar-refractivity contribution in [2.45, 2.75) is 0 Å². The first-order valence-electron chi connectivity index (χ1n) is 15.4. The topological polar surface area (TPSA) is 9.86 Å². The molecule has 3 heterocycles. The summed E-state index contributed by atoms with van der Waals surface area (Å²) in [5.41, 5.74) is 9.72. The molecule has 0 aliphatic heterocycles. The monoisotopic (exact) mass is 590 g/mol. The summed E-state index contributed by atoms with van der Waals surface area (Å²) in [5, 5.41) is 7.72. The van der Waals surface area contributed by atoms with Gasteiger partial charge >= 0.3 is 0 Å². The Morgan fingerprint density at radius 3 is 1.78 bits per heavy atom. The summed E-state index contributed by atoms with van der Waals surface area (Å²) in [6.45, 7) is 0. The third-order valence-electron chi connectivity index (χ3n) is 9.31. The van der Waals surface area contributed by atoms with Gasteiger partial charge in [0, 0.05) is 48.4 Å². The van der Waals surface area contributed by atoms with Crippen LogP contribution in [0.1, 0.15) is 0 Å². The first-order valence-corrected chi connectivity index (χ1v) is 16.2. The van der Waals surface area contributed by atoms with Gasteiger partial charge in [-0.3, -0.25) is 0 Å². The lowest BCUT2D eigenvalue weighted by Gasteiger charge is -2.12. The summed E-state index contributed by atoms with van der Waals surface area (Å²) in [7, 11) is 0. The highest BCUT2D eigenvalue weighted by atomic mass is 32.1. The Balaban J connectivity index is 1.32. The number of hydrogen-bond acceptors (Lipinski definition) is 1. The van der Waals surface area contributed by atoms with E-state index in [1.165, 1.54) is 86.3 Å². The highest BCUT2D eigenvalue weighted by Gasteiger charge is 2.20. The first kappa shape index (κ1) is 24.8. The molecule has 0 amide bonds. The zero-order valence-electron chi connectivity index (χ0n) is 24.3. The summed E-state index contributed by atoms with van der Waals surface area (Å²) >= 11 is 1.90. The average molecular weight is 591 g/mol. The minimum atomic E-state index is 1.17. The molecule has 3 aromatic heterocycles. The lowest BCUT2D eigenvalue weighted by molar-refractivity contribution is 1.17. The normalized spacial score (nSPS) is 12.0. The third-order valence-corrected chi connectivity index (χ3v) is 10.5. The molecule has 0 atom stereocenters. The molecule has 0 unspecified atom stereocenters. The van der Waals surface area contributed by atoms with E-state index in [2.05, 4.69) is 167 Å². The Morgan fingerprint density at radius 1 is 0.356 bits per heavy atom. The molecule has 0 radical (unpaired) electrons. The molecule has 0 bridgehead atoms. The fourth-order valence-electron chi connectivity index (χ4n) is 7.33. The van der Waals surface area contributed by atoms with Gasteiger partial charge < -0.3 is 9.13 Å². The molecular weight excluding hydrogens is 565 g/mol. The largest absolute Gasteiger partial charge is 0.309 e. The number of nitrogens with zero attached hydrogens (tertiary/aromatic N) is 2. The minimum absolute atomic E-state index is 1.17. The number of para-hydroxylation sites is 2. The van der Waals surface area contributed by atoms with Crippen molar-refractivity contribution in [3.8, 4) is 22.5 Å². The Bertz CT molecular complexity index is 2710. The Morgan fingerprint density at radius 2 is 0.978 bits per heavy atom. The van der Waals surface area contributed by atoms with Crippen molar-refractivity contribution in [2.75, 3.05) is 0 Å². The number of benzene rings is 7. The Kier molecular flexibility index (Phi) is 5.19. The van der Waals surface area contributed by atoms with Crippen LogP contribution in [0.15, 0.2) is 158 Å². The van der Waals surface area contributed by atoms with Gasteiger partial charge in [-0.05, 0) is 59.7 Å². The van der Waals surface area contributed by atoms with Gasteiger partial charge in [-0.25, -0.2) is 0 Å². The molecule has 2 nitrogen and oxygen atoms in total. The van der Waals surface area contributed by atoms with Crippen molar-refractivity contribution in [2.24, 2.45) is 0 Å². The number of hydrogen-bond donors (Lipinski definition) is 0. The Hall–Kier alpha value is -5.64. The van der Waals surface area contributed by atoms with Gasteiger partial charge in [-0.2, -0.15) is 0 Å². The van der Waals surface area contributed by atoms with Gasteiger partial charge in [-0.1, -0.05) is 109 Å². The van der Waals surface area contributed by atoms with Crippen LogP contribution in [0.2, 0.25) is 0 Å². The van der Waals surface area contributed by atoms with Crippen LogP contribution in [0.25, 0.3) is 86.3 Å². The second kappa shape index (κ2) is 9.43. The first-order chi connectivity index (χ1) is 22.3. The van der Waals surface area contributed by atoms with Crippen molar-refractivity contribution in [3.63, 3.8) is 0 Å². The van der Waals surface area contributed by atoms with Crippen molar-refractivity contribution >= 4 is 75.1 Å². The fraction of sp³-hybridized carbons (Fsp3) is 0. The average Bonchev–Trinajstić information content (AvgIpc) is 3.76. The molecule has 0 N–H and O–H groups in total. The zero-order valence-corrected chi connectivity index (χ0v) is 25.1. The van der Waals surface area contributed by atoms with Crippen LogP contribution in [-0.2, 0) is 0 Å². The lowest BCUT2D eigenvalue weighted by atomic mass is 10.1. The molecular formula is C42H26N2S. The molecule has 0 saturated heterocycles. The minimum Gasteiger partial charge on any atom is -0.309 e. The molecule has 3 heteroatoms. The van der Waals surface area contributed by atoms with Crippen LogP contribution in [-0.4, -0.2) is 9.13 Å². The van der Waals surface area contributed by atoms with Gasteiger partial charge in [-0.15, -0.1) is 11.3 Å². The molecule has 0 spiro atoms. The maximum Gasteiger partial charge on any atom is 0.0719 e. The van der Waals surface area contributed by atoms with E-state index in [0.29, 0.717) is 0 Å². The van der Waals surface area contributed by atoms with Crippen LogP contribution in [0, 0.1) is 0 Å². The quantitative estimate of drug-likeness (QED) is 0.194. The van der Waals surface area contributed by atoms with Gasteiger partial charge in [0.2, 0.25) is 0 Å². The summed E-state index contributed by atoms with van der Waals surface area (Å²) in [6.07, 6.45) is 0. The van der Waals surface area contributed by atoms with Gasteiger partial charge in [0.1, 0.15) is 0 Å². The molecule has 0 saturated carbocycles. The number of rotatable bonds is 3. The van der Waals surface area contributed by atoms with Crippen LogP contribution < -0.4 is 0 Å². The van der Waals surface area contributed by atoms with E-state index in [-0.39, 0.29) is 0 Å². The summed E-state index contributed by atoms with van der Waals surface area (Å²) in [6, 6.07) is 57.6. The van der Waals surface area contributed by atoms with E-state index in [1.807, 2.05) is 11.3 Å². The van der Waals surface area contributed by atoms with Gasteiger partial charge in [0.05, 0.1) is 26.8 Å². The Labute approximate surface area is 263 Å². The highest BCUT2D eigenvalue weighted by molar-refractivity contribution is 7.26. The van der Waals surface area contributed by atoms with Crippen molar-refractivity contribution in [1.29, 1.82) is 0 Å². The van der Waals surface area contributed by atoms with E-state index >= 15 is 0 Å². The highest BCUT2D eigenvalue weighted by Crippen LogP contribution is 2.44. The van der Waals surface area contributed by atoms with Crippen molar-refractivity contribution in [3.05, 3.63) is 158 Å². The third kappa shape index (κ3) is 3.56. The van der Waals surface area contributed by atoms with Crippen molar-refractivity contribution in [1.82, 2.24) is 9.13 Å².